The minimum atomic E-state index is -0.492. The topological polar surface area (TPSA) is 50.5 Å². The zero-order chi connectivity index (χ0) is 22.5. The highest BCUT2D eigenvalue weighted by molar-refractivity contribution is 5.39. The average Bonchev–Trinajstić information content (AvgIpc) is 3.22. The lowest BCUT2D eigenvalue weighted by Crippen LogP contribution is -2.26. The number of aryl methyl sites for hydroxylation is 1. The fourth-order valence-electron chi connectivity index (χ4n) is 4.42. The van der Waals surface area contributed by atoms with Crippen molar-refractivity contribution in [3.05, 3.63) is 114 Å². The Kier molecular flexibility index (Phi) is 6.51. The highest BCUT2D eigenvalue weighted by Crippen LogP contribution is 2.29. The first-order chi connectivity index (χ1) is 16.3. The summed E-state index contributed by atoms with van der Waals surface area (Å²) in [7, 11) is 0. The van der Waals surface area contributed by atoms with Gasteiger partial charge in [0.05, 0.1) is 6.10 Å². The van der Waals surface area contributed by atoms with Crippen molar-refractivity contribution in [1.29, 1.82) is 0 Å². The molecule has 0 fully saturated rings. The molecule has 2 aromatic carbocycles. The summed E-state index contributed by atoms with van der Waals surface area (Å²) in [6, 6.07) is 26.6. The summed E-state index contributed by atoms with van der Waals surface area (Å²) in [5.41, 5.74) is 4.51. The van der Waals surface area contributed by atoms with Gasteiger partial charge in [0.15, 0.2) is 0 Å². The molecule has 3 heterocycles. The maximum Gasteiger partial charge on any atom is 0.136 e. The van der Waals surface area contributed by atoms with E-state index < -0.39 is 6.10 Å². The second-order valence-corrected chi connectivity index (χ2v) is 8.52. The molecular weight excluding hydrogens is 410 g/mol. The summed E-state index contributed by atoms with van der Waals surface area (Å²) >= 11 is 0. The number of ether oxygens (including phenoxy) is 1. The fourth-order valence-corrected chi connectivity index (χ4v) is 4.42. The van der Waals surface area contributed by atoms with Crippen molar-refractivity contribution in [1.82, 2.24) is 14.5 Å². The summed E-state index contributed by atoms with van der Waals surface area (Å²) in [5.74, 6) is 1.84. The van der Waals surface area contributed by atoms with Crippen LogP contribution in [0, 0.1) is 0 Å². The van der Waals surface area contributed by atoms with Crippen molar-refractivity contribution in [3.63, 3.8) is 0 Å². The first-order valence-corrected chi connectivity index (χ1v) is 11.5. The third kappa shape index (κ3) is 5.16. The van der Waals surface area contributed by atoms with E-state index >= 15 is 0 Å². The first kappa shape index (κ1) is 21.4. The number of nitrogens with zero attached hydrogens (tertiary/aromatic N) is 3. The molecule has 168 valence electrons. The zero-order valence-electron chi connectivity index (χ0n) is 18.7. The molecule has 5 heteroatoms. The third-order valence-corrected chi connectivity index (χ3v) is 6.19. The Balaban J connectivity index is 1.29. The highest BCUT2D eigenvalue weighted by atomic mass is 16.5. The molecule has 1 unspecified atom stereocenters. The van der Waals surface area contributed by atoms with Gasteiger partial charge < -0.3 is 14.4 Å². The minimum absolute atomic E-state index is 0.492. The van der Waals surface area contributed by atoms with Gasteiger partial charge in [0.1, 0.15) is 18.2 Å². The first-order valence-electron chi connectivity index (χ1n) is 11.5. The zero-order valence-corrected chi connectivity index (χ0v) is 18.7. The molecule has 1 aliphatic heterocycles. The molecule has 4 aromatic rings. The standard InChI is InChI=1S/C28H29N3O2/c32-26(13-11-22-7-2-1-3-8-22)23-12-14-27-24(19-23)20-30(17-18-33-27)21-25-9-6-16-31(25)28-10-4-5-15-29-28/h1-10,12,14-16,19,26,32H,11,13,17-18,20-21H2. The SMILES string of the molecule is OC(CCc1ccccc1)c1ccc2c(c1)CN(Cc1cccn1-c1ccccn1)CCO2. The Morgan fingerprint density at radius 2 is 1.85 bits per heavy atom. The molecule has 0 saturated heterocycles. The van der Waals surface area contributed by atoms with Crippen LogP contribution < -0.4 is 4.74 Å². The van der Waals surface area contributed by atoms with Crippen molar-refractivity contribution >= 4 is 0 Å². The maximum absolute atomic E-state index is 10.8. The number of hydrogen-bond donors (Lipinski definition) is 1. The molecule has 5 nitrogen and oxygen atoms in total. The van der Waals surface area contributed by atoms with Crippen LogP contribution in [0.15, 0.2) is 91.3 Å². The molecule has 1 atom stereocenters. The largest absolute Gasteiger partial charge is 0.492 e. The molecule has 5 rings (SSSR count). The predicted molar refractivity (Wildman–Crippen MR) is 129 cm³/mol. The van der Waals surface area contributed by atoms with Crippen LogP contribution in [0.3, 0.4) is 0 Å². The number of pyridine rings is 1. The van der Waals surface area contributed by atoms with Crippen LogP contribution in [0.5, 0.6) is 5.75 Å². The van der Waals surface area contributed by atoms with Crippen LogP contribution in [0.1, 0.15) is 34.9 Å². The van der Waals surface area contributed by atoms with Crippen LogP contribution in [0.4, 0.5) is 0 Å². The minimum Gasteiger partial charge on any atom is -0.492 e. The molecule has 0 radical (unpaired) electrons. The lowest BCUT2D eigenvalue weighted by atomic mass is 9.99. The van der Waals surface area contributed by atoms with Gasteiger partial charge >= 0.3 is 0 Å². The van der Waals surface area contributed by atoms with Gasteiger partial charge in [0.25, 0.3) is 0 Å². The van der Waals surface area contributed by atoms with E-state index in [1.54, 1.807) is 0 Å². The number of aliphatic hydroxyl groups excluding tert-OH is 1. The van der Waals surface area contributed by atoms with E-state index in [9.17, 15) is 5.11 Å². The molecule has 0 amide bonds. The summed E-state index contributed by atoms with van der Waals surface area (Å²) in [4.78, 5) is 6.88. The van der Waals surface area contributed by atoms with Gasteiger partial charge in [-0.3, -0.25) is 4.90 Å². The Morgan fingerprint density at radius 3 is 2.70 bits per heavy atom. The number of rotatable bonds is 7. The highest BCUT2D eigenvalue weighted by Gasteiger charge is 2.19. The quantitative estimate of drug-likeness (QED) is 0.443. The molecule has 33 heavy (non-hydrogen) atoms. The van der Waals surface area contributed by atoms with Crippen molar-refractivity contribution in [2.24, 2.45) is 0 Å². The summed E-state index contributed by atoms with van der Waals surface area (Å²) in [5, 5.41) is 10.8. The molecule has 0 saturated carbocycles. The predicted octanol–water partition coefficient (Wildman–Crippen LogP) is 4.93. The number of hydrogen-bond acceptors (Lipinski definition) is 4. The lowest BCUT2D eigenvalue weighted by molar-refractivity contribution is 0.167. The normalized spacial score (nSPS) is 14.8. The van der Waals surface area contributed by atoms with E-state index in [1.165, 1.54) is 11.3 Å². The number of aliphatic hydroxyl groups is 1. The molecule has 1 aliphatic rings. The Morgan fingerprint density at radius 1 is 0.970 bits per heavy atom. The third-order valence-electron chi connectivity index (χ3n) is 6.19. The second kappa shape index (κ2) is 10.0. The molecular formula is C28H29N3O2. The maximum atomic E-state index is 10.8. The van der Waals surface area contributed by atoms with Crippen molar-refractivity contribution in [2.45, 2.75) is 32.0 Å². The van der Waals surface area contributed by atoms with Gasteiger partial charge in [-0.1, -0.05) is 42.5 Å². The molecule has 0 aliphatic carbocycles. The summed E-state index contributed by atoms with van der Waals surface area (Å²) in [6.45, 7) is 3.07. The summed E-state index contributed by atoms with van der Waals surface area (Å²) in [6.07, 6.45) is 4.94. The smallest absolute Gasteiger partial charge is 0.136 e. The van der Waals surface area contributed by atoms with Crippen LogP contribution in [0.2, 0.25) is 0 Å². The Labute approximate surface area is 194 Å². The van der Waals surface area contributed by atoms with Crippen LogP contribution >= 0.6 is 0 Å². The Bertz CT molecular complexity index is 1170. The second-order valence-electron chi connectivity index (χ2n) is 8.52. The fraction of sp³-hybridized carbons (Fsp3) is 0.250. The number of fused-ring (bicyclic) bond motifs is 1. The van der Waals surface area contributed by atoms with E-state index in [4.69, 9.17) is 4.74 Å². The monoisotopic (exact) mass is 439 g/mol. The van der Waals surface area contributed by atoms with Crippen molar-refractivity contribution in [2.75, 3.05) is 13.2 Å². The van der Waals surface area contributed by atoms with Gasteiger partial charge in [-0.25, -0.2) is 4.98 Å². The van der Waals surface area contributed by atoms with E-state index in [-0.39, 0.29) is 0 Å². The van der Waals surface area contributed by atoms with E-state index in [1.807, 2.05) is 54.7 Å². The van der Waals surface area contributed by atoms with Gasteiger partial charge in [0, 0.05) is 43.3 Å². The van der Waals surface area contributed by atoms with Gasteiger partial charge in [-0.05, 0) is 60.4 Å². The van der Waals surface area contributed by atoms with Crippen LogP contribution in [0.25, 0.3) is 5.82 Å². The molecule has 0 spiro atoms. The van der Waals surface area contributed by atoms with E-state index in [0.29, 0.717) is 13.0 Å². The number of benzene rings is 2. The van der Waals surface area contributed by atoms with Crippen LogP contribution in [-0.4, -0.2) is 32.7 Å². The van der Waals surface area contributed by atoms with Gasteiger partial charge in [-0.15, -0.1) is 0 Å². The van der Waals surface area contributed by atoms with Gasteiger partial charge in [-0.2, -0.15) is 0 Å². The van der Waals surface area contributed by atoms with E-state index in [2.05, 4.69) is 51.0 Å². The van der Waals surface area contributed by atoms with E-state index in [0.717, 1.165) is 48.7 Å². The molecule has 0 bridgehead atoms. The summed E-state index contributed by atoms with van der Waals surface area (Å²) < 4.78 is 8.17. The van der Waals surface area contributed by atoms with Crippen LogP contribution in [-0.2, 0) is 19.5 Å². The molecule has 2 aromatic heterocycles. The van der Waals surface area contributed by atoms with Crippen molar-refractivity contribution < 1.29 is 9.84 Å². The number of aromatic nitrogens is 2. The Hall–Kier alpha value is -3.41. The van der Waals surface area contributed by atoms with Crippen molar-refractivity contribution in [3.8, 4) is 11.6 Å². The lowest BCUT2D eigenvalue weighted by Gasteiger charge is -2.21. The van der Waals surface area contributed by atoms with Gasteiger partial charge in [0.2, 0.25) is 0 Å². The molecule has 1 N–H and O–H groups in total. The average molecular weight is 440 g/mol.